The van der Waals surface area contributed by atoms with Crippen LogP contribution in [-0.2, 0) is 9.47 Å². The van der Waals surface area contributed by atoms with Gasteiger partial charge in [-0.15, -0.1) is 0 Å². The number of rotatable bonds is 6. The Hall–Kier alpha value is -1.79. The van der Waals surface area contributed by atoms with E-state index in [0.29, 0.717) is 24.9 Å². The molecule has 0 aromatic carbocycles. The van der Waals surface area contributed by atoms with Gasteiger partial charge in [0.25, 0.3) is 5.89 Å². The van der Waals surface area contributed by atoms with Gasteiger partial charge in [-0.1, -0.05) is 5.16 Å². The summed E-state index contributed by atoms with van der Waals surface area (Å²) in [6, 6.07) is 3.62. The second-order valence-electron chi connectivity index (χ2n) is 3.43. The van der Waals surface area contributed by atoms with Gasteiger partial charge in [0.05, 0.1) is 0 Å². The number of hydrogen-bond donors (Lipinski definition) is 0. The van der Waals surface area contributed by atoms with Gasteiger partial charge < -0.3 is 14.0 Å². The fraction of sp³-hybridized carbons (Fsp3) is 0.417. The maximum absolute atomic E-state index is 5.39. The van der Waals surface area contributed by atoms with Crippen LogP contribution in [0, 0.1) is 0 Å². The zero-order chi connectivity index (χ0) is 12.8. The Morgan fingerprint density at radius 1 is 1.17 bits per heavy atom. The summed E-state index contributed by atoms with van der Waals surface area (Å²) < 4.78 is 15.9. The van der Waals surface area contributed by atoms with Crippen LogP contribution in [0.1, 0.15) is 26.0 Å². The van der Waals surface area contributed by atoms with Crippen molar-refractivity contribution in [2.24, 2.45) is 0 Å². The normalized spacial score (nSPS) is 11.1. The number of aromatic nitrogens is 3. The minimum Gasteiger partial charge on any atom is -0.345 e. The molecule has 2 aromatic rings. The Morgan fingerprint density at radius 3 is 2.44 bits per heavy atom. The topological polar surface area (TPSA) is 70.3 Å². The van der Waals surface area contributed by atoms with E-state index in [9.17, 15) is 0 Å². The maximum atomic E-state index is 5.39. The number of hydrogen-bond acceptors (Lipinski definition) is 6. The molecule has 2 heterocycles. The molecule has 0 fully saturated rings. The van der Waals surface area contributed by atoms with Crippen molar-refractivity contribution >= 4 is 0 Å². The quantitative estimate of drug-likeness (QED) is 0.731. The van der Waals surface area contributed by atoms with Gasteiger partial charge >= 0.3 is 0 Å². The van der Waals surface area contributed by atoms with Crippen molar-refractivity contribution < 1.29 is 14.0 Å². The molecule has 0 saturated carbocycles. The third-order valence-corrected chi connectivity index (χ3v) is 2.22. The van der Waals surface area contributed by atoms with Gasteiger partial charge in [0, 0.05) is 31.2 Å². The summed E-state index contributed by atoms with van der Waals surface area (Å²) in [5.74, 6) is 0.822. The fourth-order valence-corrected chi connectivity index (χ4v) is 1.44. The van der Waals surface area contributed by atoms with Gasteiger partial charge in [0.1, 0.15) is 0 Å². The van der Waals surface area contributed by atoms with Crippen molar-refractivity contribution in [3.8, 4) is 11.4 Å². The van der Waals surface area contributed by atoms with Crippen molar-refractivity contribution in [3.05, 3.63) is 30.4 Å². The predicted octanol–water partition coefficient (Wildman–Crippen LogP) is 2.20. The molecule has 0 aliphatic rings. The van der Waals surface area contributed by atoms with Crippen LogP contribution < -0.4 is 0 Å². The summed E-state index contributed by atoms with van der Waals surface area (Å²) in [6.45, 7) is 4.79. The standard InChI is InChI=1S/C12H15N3O3/c1-3-16-12(17-4-2)11-14-10(15-18-11)9-5-7-13-8-6-9/h5-8,12H,3-4H2,1-2H3. The van der Waals surface area contributed by atoms with E-state index >= 15 is 0 Å². The lowest BCUT2D eigenvalue weighted by atomic mass is 10.2. The number of ether oxygens (including phenoxy) is 2. The average Bonchev–Trinajstić information content (AvgIpc) is 2.89. The van der Waals surface area contributed by atoms with Gasteiger partial charge in [-0.25, -0.2) is 0 Å². The largest absolute Gasteiger partial charge is 0.345 e. The molecule has 0 radical (unpaired) electrons. The first kappa shape index (κ1) is 12.7. The highest BCUT2D eigenvalue weighted by atomic mass is 16.7. The first-order valence-corrected chi connectivity index (χ1v) is 5.82. The van der Waals surface area contributed by atoms with Crippen LogP contribution in [0.3, 0.4) is 0 Å². The van der Waals surface area contributed by atoms with Crippen LogP contribution in [-0.4, -0.2) is 28.3 Å². The van der Waals surface area contributed by atoms with Crippen LogP contribution in [0.4, 0.5) is 0 Å². The van der Waals surface area contributed by atoms with Crippen LogP contribution in [0.5, 0.6) is 0 Å². The summed E-state index contributed by atoms with van der Waals surface area (Å²) in [5, 5.41) is 3.90. The molecule has 0 aliphatic carbocycles. The molecule has 2 aromatic heterocycles. The molecule has 0 N–H and O–H groups in total. The van der Waals surface area contributed by atoms with Gasteiger partial charge in [0.2, 0.25) is 12.1 Å². The Morgan fingerprint density at radius 2 is 1.83 bits per heavy atom. The van der Waals surface area contributed by atoms with Crippen molar-refractivity contribution in [2.45, 2.75) is 20.1 Å². The molecule has 0 saturated heterocycles. The third-order valence-electron chi connectivity index (χ3n) is 2.22. The summed E-state index contributed by atoms with van der Waals surface area (Å²) >= 11 is 0. The van der Waals surface area contributed by atoms with Crippen LogP contribution in [0.25, 0.3) is 11.4 Å². The molecule has 18 heavy (non-hydrogen) atoms. The molecule has 96 valence electrons. The molecule has 0 aliphatic heterocycles. The summed E-state index contributed by atoms with van der Waals surface area (Å²) in [4.78, 5) is 8.20. The molecular weight excluding hydrogens is 234 g/mol. The van der Waals surface area contributed by atoms with E-state index < -0.39 is 6.29 Å². The molecule has 0 bridgehead atoms. The number of nitrogens with zero attached hydrogens (tertiary/aromatic N) is 3. The van der Waals surface area contributed by atoms with Gasteiger partial charge in [-0.2, -0.15) is 4.98 Å². The van der Waals surface area contributed by atoms with E-state index in [2.05, 4.69) is 15.1 Å². The Balaban J connectivity index is 2.18. The molecule has 0 amide bonds. The zero-order valence-electron chi connectivity index (χ0n) is 10.4. The SMILES string of the molecule is CCOC(OCC)c1nc(-c2ccncc2)no1. The van der Waals surface area contributed by atoms with E-state index in [1.807, 2.05) is 26.0 Å². The summed E-state index contributed by atoms with van der Waals surface area (Å²) in [5.41, 5.74) is 0.840. The monoisotopic (exact) mass is 249 g/mol. The van der Waals surface area contributed by atoms with Crippen LogP contribution in [0.15, 0.2) is 29.0 Å². The van der Waals surface area contributed by atoms with Crippen LogP contribution >= 0.6 is 0 Å². The zero-order valence-corrected chi connectivity index (χ0v) is 10.4. The highest BCUT2D eigenvalue weighted by molar-refractivity contribution is 5.52. The van der Waals surface area contributed by atoms with E-state index in [-0.39, 0.29) is 0 Å². The van der Waals surface area contributed by atoms with Gasteiger partial charge in [0.15, 0.2) is 0 Å². The molecular formula is C12H15N3O3. The van der Waals surface area contributed by atoms with E-state index in [1.165, 1.54) is 0 Å². The maximum Gasteiger partial charge on any atom is 0.283 e. The highest BCUT2D eigenvalue weighted by Crippen LogP contribution is 2.21. The van der Waals surface area contributed by atoms with Crippen LogP contribution in [0.2, 0.25) is 0 Å². The molecule has 6 nitrogen and oxygen atoms in total. The Labute approximate surface area is 105 Å². The Bertz CT molecular complexity index is 466. The second kappa shape index (κ2) is 6.23. The minimum atomic E-state index is -0.608. The Kier molecular flexibility index (Phi) is 4.38. The second-order valence-corrected chi connectivity index (χ2v) is 3.43. The minimum absolute atomic E-state index is 0.325. The smallest absolute Gasteiger partial charge is 0.283 e. The van der Waals surface area contributed by atoms with Gasteiger partial charge in [-0.3, -0.25) is 4.98 Å². The van der Waals surface area contributed by atoms with Crippen molar-refractivity contribution in [3.63, 3.8) is 0 Å². The summed E-state index contributed by atoms with van der Waals surface area (Å²) in [7, 11) is 0. The molecule has 0 atom stereocenters. The lowest BCUT2D eigenvalue weighted by Gasteiger charge is -2.11. The van der Waals surface area contributed by atoms with Crippen molar-refractivity contribution in [1.29, 1.82) is 0 Å². The van der Waals surface area contributed by atoms with Gasteiger partial charge in [-0.05, 0) is 26.0 Å². The first-order valence-electron chi connectivity index (χ1n) is 5.82. The van der Waals surface area contributed by atoms with Crippen molar-refractivity contribution in [2.75, 3.05) is 13.2 Å². The lowest BCUT2D eigenvalue weighted by Crippen LogP contribution is -2.09. The average molecular weight is 249 g/mol. The molecule has 2 rings (SSSR count). The fourth-order valence-electron chi connectivity index (χ4n) is 1.44. The lowest BCUT2D eigenvalue weighted by molar-refractivity contribution is -0.155. The third kappa shape index (κ3) is 2.91. The molecule has 0 spiro atoms. The van der Waals surface area contributed by atoms with E-state index in [0.717, 1.165) is 5.56 Å². The van der Waals surface area contributed by atoms with Crippen molar-refractivity contribution in [1.82, 2.24) is 15.1 Å². The predicted molar refractivity (Wildman–Crippen MR) is 63.5 cm³/mol. The molecule has 6 heteroatoms. The highest BCUT2D eigenvalue weighted by Gasteiger charge is 2.19. The van der Waals surface area contributed by atoms with E-state index in [1.54, 1.807) is 12.4 Å². The van der Waals surface area contributed by atoms with E-state index in [4.69, 9.17) is 14.0 Å². The number of pyridine rings is 1. The first-order chi connectivity index (χ1) is 8.85. The summed E-state index contributed by atoms with van der Waals surface area (Å²) in [6.07, 6.45) is 2.74. The molecule has 0 unspecified atom stereocenters.